The lowest BCUT2D eigenvalue weighted by Crippen LogP contribution is -2.31. The maximum absolute atomic E-state index is 4.96. The van der Waals surface area contributed by atoms with Gasteiger partial charge in [0.05, 0.1) is 7.11 Å². The Bertz CT molecular complexity index is 299. The van der Waals surface area contributed by atoms with E-state index in [1.165, 1.54) is 25.6 Å². The first-order valence-corrected chi connectivity index (χ1v) is 4.88. The Balaban J connectivity index is 2.13. The van der Waals surface area contributed by atoms with E-state index < -0.39 is 0 Å². The fourth-order valence-electron chi connectivity index (χ4n) is 1.62. The fraction of sp³-hybridized carbons (Fsp3) is 0.667. The number of rotatable bonds is 2. The molecule has 2 rings (SSSR count). The molecule has 5 nitrogen and oxygen atoms in total. The number of ether oxygens (including phenoxy) is 1. The minimum absolute atomic E-state index is 0.389. The summed E-state index contributed by atoms with van der Waals surface area (Å²) in [5.74, 6) is 0.733. The van der Waals surface area contributed by atoms with Gasteiger partial charge in [-0.15, -0.1) is 0 Å². The Morgan fingerprint density at radius 3 is 2.71 bits per heavy atom. The van der Waals surface area contributed by atoms with Gasteiger partial charge < -0.3 is 9.64 Å². The minimum atomic E-state index is 0.389. The normalized spacial score (nSPS) is 16.8. The Hall–Kier alpha value is -1.39. The molecule has 0 atom stereocenters. The highest BCUT2D eigenvalue weighted by atomic mass is 16.5. The summed E-state index contributed by atoms with van der Waals surface area (Å²) in [5, 5.41) is 0. The van der Waals surface area contributed by atoms with Crippen molar-refractivity contribution in [3.8, 4) is 6.01 Å². The van der Waals surface area contributed by atoms with Gasteiger partial charge >= 0.3 is 6.01 Å². The molecular weight excluding hydrogens is 180 g/mol. The van der Waals surface area contributed by atoms with E-state index in [9.17, 15) is 0 Å². The summed E-state index contributed by atoms with van der Waals surface area (Å²) < 4.78 is 4.96. The van der Waals surface area contributed by atoms with E-state index in [2.05, 4.69) is 19.9 Å². The average Bonchev–Trinajstić information content (AvgIpc) is 2.30. The van der Waals surface area contributed by atoms with Gasteiger partial charge in [-0.3, -0.25) is 0 Å². The zero-order valence-electron chi connectivity index (χ0n) is 8.31. The largest absolute Gasteiger partial charge is 0.467 e. The topological polar surface area (TPSA) is 51.1 Å². The van der Waals surface area contributed by atoms with Crippen LogP contribution in [0.1, 0.15) is 19.3 Å². The van der Waals surface area contributed by atoms with Crippen molar-refractivity contribution in [1.29, 1.82) is 0 Å². The van der Waals surface area contributed by atoms with Crippen LogP contribution in [0.4, 0.5) is 5.95 Å². The summed E-state index contributed by atoms with van der Waals surface area (Å²) in [6.07, 6.45) is 5.23. The second-order valence-corrected chi connectivity index (χ2v) is 3.32. The van der Waals surface area contributed by atoms with Crippen LogP contribution in [-0.2, 0) is 0 Å². The van der Waals surface area contributed by atoms with Crippen molar-refractivity contribution in [2.45, 2.75) is 19.3 Å². The van der Waals surface area contributed by atoms with Crippen LogP contribution < -0.4 is 9.64 Å². The third-order valence-electron chi connectivity index (χ3n) is 2.36. The van der Waals surface area contributed by atoms with Crippen LogP contribution in [0.2, 0.25) is 0 Å². The molecule has 1 fully saturated rings. The molecule has 0 radical (unpaired) electrons. The van der Waals surface area contributed by atoms with Crippen molar-refractivity contribution < 1.29 is 4.74 Å². The van der Waals surface area contributed by atoms with Crippen LogP contribution in [0.5, 0.6) is 6.01 Å². The number of hydrogen-bond donors (Lipinski definition) is 0. The summed E-state index contributed by atoms with van der Waals surface area (Å²) in [4.78, 5) is 14.4. The predicted molar refractivity (Wildman–Crippen MR) is 52.4 cm³/mol. The van der Waals surface area contributed by atoms with Crippen LogP contribution >= 0.6 is 0 Å². The molecule has 1 aromatic rings. The van der Waals surface area contributed by atoms with Crippen LogP contribution in [0.25, 0.3) is 0 Å². The molecule has 1 aliphatic rings. The Morgan fingerprint density at radius 2 is 2.00 bits per heavy atom. The Labute approximate surface area is 83.1 Å². The third-order valence-corrected chi connectivity index (χ3v) is 2.36. The van der Waals surface area contributed by atoms with Gasteiger partial charge in [0.15, 0.2) is 0 Å². The van der Waals surface area contributed by atoms with Crippen molar-refractivity contribution >= 4 is 5.95 Å². The molecule has 14 heavy (non-hydrogen) atoms. The van der Waals surface area contributed by atoms with E-state index in [0.717, 1.165) is 19.0 Å². The lowest BCUT2D eigenvalue weighted by Gasteiger charge is -2.26. The molecule has 0 amide bonds. The number of aromatic nitrogens is 3. The molecule has 0 saturated carbocycles. The quantitative estimate of drug-likeness (QED) is 0.699. The van der Waals surface area contributed by atoms with E-state index in [0.29, 0.717) is 6.01 Å². The summed E-state index contributed by atoms with van der Waals surface area (Å²) in [7, 11) is 1.56. The molecule has 0 N–H and O–H groups in total. The van der Waals surface area contributed by atoms with Crippen molar-refractivity contribution in [3.63, 3.8) is 0 Å². The summed E-state index contributed by atoms with van der Waals surface area (Å²) >= 11 is 0. The first kappa shape index (κ1) is 9.18. The maximum Gasteiger partial charge on any atom is 0.320 e. The molecule has 0 aliphatic carbocycles. The van der Waals surface area contributed by atoms with Gasteiger partial charge in [-0.25, -0.2) is 4.98 Å². The van der Waals surface area contributed by atoms with E-state index in [-0.39, 0.29) is 0 Å². The standard InChI is InChI=1S/C9H14N4O/c1-14-9-11-7-10-8(12-9)13-5-3-2-4-6-13/h7H,2-6H2,1H3. The predicted octanol–water partition coefficient (Wildman–Crippen LogP) is 0.870. The van der Waals surface area contributed by atoms with Crippen molar-refractivity contribution in [3.05, 3.63) is 6.33 Å². The van der Waals surface area contributed by atoms with Crippen LogP contribution in [-0.4, -0.2) is 35.2 Å². The second-order valence-electron chi connectivity index (χ2n) is 3.32. The van der Waals surface area contributed by atoms with Gasteiger partial charge in [-0.2, -0.15) is 9.97 Å². The lowest BCUT2D eigenvalue weighted by atomic mass is 10.1. The van der Waals surface area contributed by atoms with Gasteiger partial charge in [0.25, 0.3) is 0 Å². The van der Waals surface area contributed by atoms with Crippen LogP contribution in [0.3, 0.4) is 0 Å². The number of nitrogens with zero attached hydrogens (tertiary/aromatic N) is 4. The molecule has 1 aliphatic heterocycles. The highest BCUT2D eigenvalue weighted by Gasteiger charge is 2.13. The fourth-order valence-corrected chi connectivity index (χ4v) is 1.62. The number of piperidine rings is 1. The lowest BCUT2D eigenvalue weighted by molar-refractivity contribution is 0.377. The van der Waals surface area contributed by atoms with Gasteiger partial charge in [0.1, 0.15) is 6.33 Å². The molecule has 5 heteroatoms. The smallest absolute Gasteiger partial charge is 0.320 e. The minimum Gasteiger partial charge on any atom is -0.467 e. The highest BCUT2D eigenvalue weighted by molar-refractivity contribution is 5.29. The zero-order chi connectivity index (χ0) is 9.80. The SMILES string of the molecule is COc1ncnc(N2CCCCC2)n1. The molecular formula is C9H14N4O. The molecule has 2 heterocycles. The number of hydrogen-bond acceptors (Lipinski definition) is 5. The molecule has 0 bridgehead atoms. The molecule has 0 spiro atoms. The third kappa shape index (κ3) is 1.92. The highest BCUT2D eigenvalue weighted by Crippen LogP contribution is 2.15. The Morgan fingerprint density at radius 1 is 1.21 bits per heavy atom. The molecule has 76 valence electrons. The second kappa shape index (κ2) is 4.21. The summed E-state index contributed by atoms with van der Waals surface area (Å²) in [6.45, 7) is 2.07. The van der Waals surface area contributed by atoms with E-state index >= 15 is 0 Å². The molecule has 1 aromatic heterocycles. The van der Waals surface area contributed by atoms with Crippen molar-refractivity contribution in [2.75, 3.05) is 25.1 Å². The van der Waals surface area contributed by atoms with Gasteiger partial charge in [-0.1, -0.05) is 0 Å². The van der Waals surface area contributed by atoms with Gasteiger partial charge in [-0.05, 0) is 19.3 Å². The Kier molecular flexibility index (Phi) is 2.76. The first-order valence-electron chi connectivity index (χ1n) is 4.88. The van der Waals surface area contributed by atoms with Gasteiger partial charge in [0.2, 0.25) is 5.95 Å². The number of methoxy groups -OCH3 is 1. The van der Waals surface area contributed by atoms with E-state index in [1.807, 2.05) is 0 Å². The van der Waals surface area contributed by atoms with Crippen molar-refractivity contribution in [1.82, 2.24) is 15.0 Å². The molecule has 1 saturated heterocycles. The average molecular weight is 194 g/mol. The maximum atomic E-state index is 4.96. The van der Waals surface area contributed by atoms with E-state index in [4.69, 9.17) is 4.74 Å². The molecule has 0 unspecified atom stereocenters. The first-order chi connectivity index (χ1) is 6.90. The van der Waals surface area contributed by atoms with Crippen LogP contribution in [0.15, 0.2) is 6.33 Å². The van der Waals surface area contributed by atoms with Crippen molar-refractivity contribution in [2.24, 2.45) is 0 Å². The monoisotopic (exact) mass is 194 g/mol. The summed E-state index contributed by atoms with van der Waals surface area (Å²) in [5.41, 5.74) is 0. The van der Waals surface area contributed by atoms with E-state index in [1.54, 1.807) is 7.11 Å². The molecule has 0 aromatic carbocycles. The van der Waals surface area contributed by atoms with Crippen LogP contribution in [0, 0.1) is 0 Å². The van der Waals surface area contributed by atoms with Gasteiger partial charge in [0, 0.05) is 13.1 Å². The number of anilines is 1. The zero-order valence-corrected chi connectivity index (χ0v) is 8.31. The summed E-state index contributed by atoms with van der Waals surface area (Å²) in [6, 6.07) is 0.389.